The summed E-state index contributed by atoms with van der Waals surface area (Å²) in [4.78, 5) is 16.0. The highest BCUT2D eigenvalue weighted by Gasteiger charge is 2.36. The third-order valence-corrected chi connectivity index (χ3v) is 7.47. The molecule has 7 heteroatoms. The lowest BCUT2D eigenvalue weighted by Crippen LogP contribution is -2.38. The second-order valence-electron chi connectivity index (χ2n) is 9.95. The Labute approximate surface area is 234 Å². The number of aryl methyl sites for hydroxylation is 2. The van der Waals surface area contributed by atoms with Crippen molar-refractivity contribution in [2.24, 2.45) is 0 Å². The van der Waals surface area contributed by atoms with Gasteiger partial charge in [0, 0.05) is 17.4 Å². The van der Waals surface area contributed by atoms with Crippen LogP contribution in [0.2, 0.25) is 0 Å². The number of nitrogens with zero attached hydrogens (tertiary/aromatic N) is 4. The predicted octanol–water partition coefficient (Wildman–Crippen LogP) is 7.07. The molecule has 0 saturated carbocycles. The lowest BCUT2D eigenvalue weighted by molar-refractivity contribution is 0.194. The van der Waals surface area contributed by atoms with Gasteiger partial charge in [-0.2, -0.15) is 5.10 Å². The molecule has 0 bridgehead atoms. The molecule has 1 aliphatic heterocycles. The van der Waals surface area contributed by atoms with Crippen molar-refractivity contribution in [3.8, 4) is 17.3 Å². The first-order valence-electron chi connectivity index (χ1n) is 13.8. The summed E-state index contributed by atoms with van der Waals surface area (Å²) in [7, 11) is 0. The third-order valence-electron chi connectivity index (χ3n) is 7.47. The van der Waals surface area contributed by atoms with E-state index in [1.165, 1.54) is 5.56 Å². The number of anilines is 1. The molecule has 6 rings (SSSR count). The number of urea groups is 1. The first kappa shape index (κ1) is 25.5. The molecule has 1 unspecified atom stereocenters. The summed E-state index contributed by atoms with van der Waals surface area (Å²) in [6.07, 6.45) is 3.02. The van der Waals surface area contributed by atoms with Crippen molar-refractivity contribution in [2.75, 3.05) is 11.9 Å². The largest absolute Gasteiger partial charge is 0.494 e. The Kier molecular flexibility index (Phi) is 6.86. The summed E-state index contributed by atoms with van der Waals surface area (Å²) < 4.78 is 9.75. The van der Waals surface area contributed by atoms with Crippen LogP contribution in [0.5, 0.6) is 5.75 Å². The molecule has 0 aliphatic carbocycles. The van der Waals surface area contributed by atoms with Crippen LogP contribution in [-0.4, -0.2) is 31.9 Å². The highest BCUT2D eigenvalue weighted by atomic mass is 16.5. The molecule has 7 nitrogen and oxygen atoms in total. The molecule has 0 radical (unpaired) electrons. The second-order valence-corrected chi connectivity index (χ2v) is 9.95. The minimum absolute atomic E-state index is 0.179. The van der Waals surface area contributed by atoms with Gasteiger partial charge in [-0.05, 0) is 79.9 Å². The quantitative estimate of drug-likeness (QED) is 0.255. The van der Waals surface area contributed by atoms with E-state index in [4.69, 9.17) is 9.84 Å². The van der Waals surface area contributed by atoms with Gasteiger partial charge in [0.05, 0.1) is 36.3 Å². The van der Waals surface area contributed by atoms with Crippen molar-refractivity contribution in [1.82, 2.24) is 19.2 Å². The lowest BCUT2D eigenvalue weighted by atomic mass is 9.99. The molecule has 1 N–H and O–H groups in total. The first-order valence-corrected chi connectivity index (χ1v) is 13.8. The summed E-state index contributed by atoms with van der Waals surface area (Å²) >= 11 is 0. The van der Waals surface area contributed by atoms with E-state index in [-0.39, 0.29) is 12.1 Å². The Hall–Kier alpha value is -4.78. The molecular weight excluding hydrogens is 498 g/mol. The topological polar surface area (TPSA) is 64.3 Å². The van der Waals surface area contributed by atoms with Gasteiger partial charge in [0.2, 0.25) is 0 Å². The number of nitrogens with one attached hydrogen (secondary N) is 1. The number of amides is 2. The average molecular weight is 532 g/mol. The van der Waals surface area contributed by atoms with E-state index in [1.807, 2.05) is 72.0 Å². The van der Waals surface area contributed by atoms with Crippen molar-refractivity contribution >= 4 is 11.7 Å². The van der Waals surface area contributed by atoms with Crippen molar-refractivity contribution in [1.29, 1.82) is 0 Å². The molecule has 1 atom stereocenters. The van der Waals surface area contributed by atoms with E-state index >= 15 is 0 Å². The van der Waals surface area contributed by atoms with Crippen molar-refractivity contribution in [2.45, 2.75) is 39.8 Å². The van der Waals surface area contributed by atoms with Crippen molar-refractivity contribution in [3.05, 3.63) is 125 Å². The monoisotopic (exact) mass is 531 g/mol. The van der Waals surface area contributed by atoms with Gasteiger partial charge in [-0.3, -0.25) is 0 Å². The fraction of sp³-hybridized carbons (Fsp3) is 0.212. The molecule has 0 spiro atoms. The molecule has 2 aromatic heterocycles. The fourth-order valence-corrected chi connectivity index (χ4v) is 5.43. The van der Waals surface area contributed by atoms with Crippen LogP contribution in [0.3, 0.4) is 0 Å². The Bertz CT molecular complexity index is 1620. The summed E-state index contributed by atoms with van der Waals surface area (Å²) in [5.41, 5.74) is 6.91. The second kappa shape index (κ2) is 10.8. The average Bonchev–Trinajstić information content (AvgIpc) is 3.55. The van der Waals surface area contributed by atoms with Gasteiger partial charge in [0.25, 0.3) is 0 Å². The van der Waals surface area contributed by atoms with E-state index in [2.05, 4.69) is 65.5 Å². The van der Waals surface area contributed by atoms with Crippen molar-refractivity contribution < 1.29 is 9.53 Å². The molecule has 40 heavy (non-hydrogen) atoms. The van der Waals surface area contributed by atoms with Crippen LogP contribution in [0.25, 0.3) is 11.5 Å². The number of para-hydroxylation sites is 1. The lowest BCUT2D eigenvalue weighted by Gasteiger charge is -2.31. The smallest absolute Gasteiger partial charge is 0.322 e. The van der Waals surface area contributed by atoms with E-state index in [9.17, 15) is 4.79 Å². The fourth-order valence-electron chi connectivity index (χ4n) is 5.43. The molecule has 2 amide bonds. The van der Waals surface area contributed by atoms with Crippen LogP contribution in [0, 0.1) is 6.92 Å². The van der Waals surface area contributed by atoms with Gasteiger partial charge in [-0.15, -0.1) is 0 Å². The number of rotatable bonds is 6. The maximum atomic E-state index is 14.1. The Balaban J connectivity index is 1.47. The number of carbonyl (C=O) groups excluding carboxylic acids is 1. The molecule has 3 aromatic carbocycles. The third kappa shape index (κ3) is 4.64. The summed E-state index contributed by atoms with van der Waals surface area (Å²) in [6, 6.07) is 29.9. The van der Waals surface area contributed by atoms with Gasteiger partial charge in [-0.1, -0.05) is 49.4 Å². The number of aromatic nitrogens is 3. The first-order chi connectivity index (χ1) is 19.6. The number of ether oxygens (including phenoxy) is 1. The SMILES string of the molecule is CCOc1ccc(NC(=O)N2Cc3c(C)nn(-c4ccccc4)c3-n3cccc3C2c2ccc(CC)cc2)cc1. The van der Waals surface area contributed by atoms with Crippen LogP contribution in [0.4, 0.5) is 10.5 Å². The van der Waals surface area contributed by atoms with E-state index in [1.54, 1.807) is 0 Å². The Morgan fingerprint density at radius 2 is 1.70 bits per heavy atom. The zero-order valence-electron chi connectivity index (χ0n) is 23.0. The summed E-state index contributed by atoms with van der Waals surface area (Å²) in [6.45, 7) is 7.11. The van der Waals surface area contributed by atoms with Crippen molar-refractivity contribution in [3.63, 3.8) is 0 Å². The van der Waals surface area contributed by atoms with Crippen LogP contribution in [0.1, 0.15) is 48.0 Å². The van der Waals surface area contributed by atoms with Gasteiger partial charge in [-0.25, -0.2) is 9.48 Å². The zero-order chi connectivity index (χ0) is 27.6. The predicted molar refractivity (Wildman–Crippen MR) is 157 cm³/mol. The highest BCUT2D eigenvalue weighted by molar-refractivity contribution is 5.90. The van der Waals surface area contributed by atoms with Crippen LogP contribution in [0.15, 0.2) is 97.2 Å². The number of fused-ring (bicyclic) bond motifs is 3. The molecule has 5 aromatic rings. The summed E-state index contributed by atoms with van der Waals surface area (Å²) in [5, 5.41) is 8.07. The number of carbonyl (C=O) groups is 1. The highest BCUT2D eigenvalue weighted by Crippen LogP contribution is 2.39. The normalized spacial score (nSPS) is 14.3. The molecule has 1 aliphatic rings. The molecule has 0 fully saturated rings. The summed E-state index contributed by atoms with van der Waals surface area (Å²) in [5.74, 6) is 1.73. The van der Waals surface area contributed by atoms with Gasteiger partial charge >= 0.3 is 6.03 Å². The van der Waals surface area contributed by atoms with Crippen LogP contribution in [-0.2, 0) is 13.0 Å². The Morgan fingerprint density at radius 1 is 0.950 bits per heavy atom. The standard InChI is InChI=1S/C33H33N5O2/c1-4-24-13-15-25(16-14-24)31-30-12-9-21-36(30)32-29(23(3)35-38(32)27-10-7-6-8-11-27)22-37(31)33(39)34-26-17-19-28(20-18-26)40-5-2/h6-21,31H,4-5,22H2,1-3H3,(H,34,39). The number of hydrogen-bond acceptors (Lipinski definition) is 3. The van der Waals surface area contributed by atoms with Gasteiger partial charge in [0.1, 0.15) is 11.6 Å². The molecular formula is C33H33N5O2. The molecule has 202 valence electrons. The minimum atomic E-state index is -0.306. The van der Waals surface area contributed by atoms with E-state index in [0.717, 1.165) is 46.2 Å². The van der Waals surface area contributed by atoms with Gasteiger partial charge in [0.15, 0.2) is 0 Å². The zero-order valence-corrected chi connectivity index (χ0v) is 23.0. The molecule has 3 heterocycles. The van der Waals surface area contributed by atoms with E-state index < -0.39 is 0 Å². The van der Waals surface area contributed by atoms with Gasteiger partial charge < -0.3 is 19.5 Å². The maximum absolute atomic E-state index is 14.1. The molecule has 0 saturated heterocycles. The Morgan fingerprint density at radius 3 is 2.40 bits per heavy atom. The maximum Gasteiger partial charge on any atom is 0.322 e. The van der Waals surface area contributed by atoms with E-state index in [0.29, 0.717) is 18.8 Å². The van der Waals surface area contributed by atoms with Crippen LogP contribution < -0.4 is 10.1 Å². The van der Waals surface area contributed by atoms with Crippen LogP contribution >= 0.6 is 0 Å². The minimum Gasteiger partial charge on any atom is -0.494 e. The number of benzene rings is 3. The number of hydrogen-bond donors (Lipinski definition) is 1.